The molecule has 0 unspecified atom stereocenters. The highest BCUT2D eigenvalue weighted by Crippen LogP contribution is 2.51. The number of anilines is 6. The van der Waals surface area contributed by atoms with Crippen LogP contribution in [-0.4, -0.2) is 20.4 Å². The van der Waals surface area contributed by atoms with Gasteiger partial charge in [-0.05, 0) is 147 Å². The van der Waals surface area contributed by atoms with Crippen molar-refractivity contribution in [1.82, 2.24) is 13.7 Å². The quantitative estimate of drug-likeness (QED) is 0.141. The zero-order valence-corrected chi connectivity index (χ0v) is 49.0. The fraction of sp³-hybridized carbons (Fsp3) is 0. The Labute approximate surface area is 521 Å². The molecule has 0 N–H and O–H groups in total. The Hall–Kier alpha value is -11.9. The van der Waals surface area contributed by atoms with Crippen molar-refractivity contribution < 1.29 is 0 Å². The third-order valence-corrected chi connectivity index (χ3v) is 19.2. The molecule has 2 aliphatic rings. The van der Waals surface area contributed by atoms with Gasteiger partial charge in [-0.25, -0.2) is 0 Å². The van der Waals surface area contributed by atoms with Gasteiger partial charge in [0, 0.05) is 72.1 Å². The number of hydrogen-bond acceptors (Lipinski definition) is 2. The van der Waals surface area contributed by atoms with Crippen LogP contribution in [0.3, 0.4) is 0 Å². The Bertz CT molecular complexity index is 5640. The van der Waals surface area contributed by atoms with E-state index in [9.17, 15) is 0 Å². The fourth-order valence-electron chi connectivity index (χ4n) is 15.3. The first kappa shape index (κ1) is 50.3. The first-order chi connectivity index (χ1) is 44.7. The highest BCUT2D eigenvalue weighted by atomic mass is 15.2. The number of nitrogens with zero attached hydrogens (tertiary/aromatic N) is 5. The standard InChI is InChI=1S/C84H54BN5/c1-4-22-55(23-5-1)58-42-44-61(45-43-58)90-81-54-65(89-75-39-17-12-34-68(75)69-35-13-18-40-76(69)89)53-80-83(81)85(72-48-49-78-82(84(72)90)70-36-14-19-41-77(70)87(78)62-30-20-28-59(50-62)56-24-6-2-7-25-56)71-47-46-64(86-73-37-15-10-32-66(73)67-33-11-16-38-74(67)86)52-79(71)88(80)63-31-21-29-60(51-63)57-26-8-3-9-27-57/h1-54H. The van der Waals surface area contributed by atoms with Gasteiger partial charge in [-0.3, -0.25) is 0 Å². The molecule has 0 saturated heterocycles. The maximum absolute atomic E-state index is 2.63. The molecular formula is C84H54BN5. The van der Waals surface area contributed by atoms with E-state index in [0.29, 0.717) is 0 Å². The topological polar surface area (TPSA) is 21.3 Å². The average Bonchev–Trinajstić information content (AvgIpc) is 1.10. The van der Waals surface area contributed by atoms with Crippen LogP contribution in [0.25, 0.3) is 116 Å². The van der Waals surface area contributed by atoms with Crippen molar-refractivity contribution in [3.05, 3.63) is 328 Å². The van der Waals surface area contributed by atoms with Crippen LogP contribution in [0.4, 0.5) is 34.1 Å². The minimum atomic E-state index is -0.194. The summed E-state index contributed by atoms with van der Waals surface area (Å²) in [5.41, 5.74) is 27.7. The van der Waals surface area contributed by atoms with Gasteiger partial charge >= 0.3 is 0 Å². The second kappa shape index (κ2) is 19.8. The van der Waals surface area contributed by atoms with E-state index in [1.54, 1.807) is 0 Å². The third-order valence-electron chi connectivity index (χ3n) is 19.2. The van der Waals surface area contributed by atoms with Crippen LogP contribution in [0.15, 0.2) is 328 Å². The Morgan fingerprint density at radius 2 is 0.589 bits per heavy atom. The summed E-state index contributed by atoms with van der Waals surface area (Å²) in [7, 11) is 0. The van der Waals surface area contributed by atoms with Crippen molar-refractivity contribution in [2.45, 2.75) is 0 Å². The summed E-state index contributed by atoms with van der Waals surface area (Å²) in [6.45, 7) is -0.194. The van der Waals surface area contributed by atoms with E-state index in [4.69, 9.17) is 0 Å². The van der Waals surface area contributed by atoms with Gasteiger partial charge in [0.2, 0.25) is 0 Å². The van der Waals surface area contributed by atoms with Gasteiger partial charge in [0.25, 0.3) is 6.71 Å². The van der Waals surface area contributed by atoms with Crippen LogP contribution < -0.4 is 26.2 Å². The highest BCUT2D eigenvalue weighted by Gasteiger charge is 2.45. The molecule has 0 saturated carbocycles. The monoisotopic (exact) mass is 1140 g/mol. The first-order valence-electron chi connectivity index (χ1n) is 31.1. The molecule has 0 fully saturated rings. The van der Waals surface area contributed by atoms with Crippen LogP contribution in [0.5, 0.6) is 0 Å². The van der Waals surface area contributed by atoms with Crippen molar-refractivity contribution in [2.75, 3.05) is 9.80 Å². The molecule has 0 aliphatic carbocycles. The van der Waals surface area contributed by atoms with E-state index < -0.39 is 0 Å². The summed E-state index contributed by atoms with van der Waals surface area (Å²) >= 11 is 0. The van der Waals surface area contributed by atoms with E-state index in [0.717, 1.165) is 73.1 Å². The van der Waals surface area contributed by atoms with Crippen molar-refractivity contribution in [1.29, 1.82) is 0 Å². The molecule has 0 spiro atoms. The molecule has 3 aromatic heterocycles. The van der Waals surface area contributed by atoms with Gasteiger partial charge in [-0.2, -0.15) is 0 Å². The lowest BCUT2D eigenvalue weighted by atomic mass is 9.33. The largest absolute Gasteiger partial charge is 0.311 e. The minimum absolute atomic E-state index is 0.194. The number of para-hydroxylation sites is 5. The molecule has 14 aromatic carbocycles. The maximum atomic E-state index is 2.63. The van der Waals surface area contributed by atoms with Gasteiger partial charge < -0.3 is 23.5 Å². The number of benzene rings is 14. The molecule has 19 rings (SSSR count). The van der Waals surface area contributed by atoms with Crippen molar-refractivity contribution in [3.63, 3.8) is 0 Å². The first-order valence-corrected chi connectivity index (χ1v) is 31.1. The van der Waals surface area contributed by atoms with Gasteiger partial charge in [-0.1, -0.05) is 231 Å². The molecule has 0 bridgehead atoms. The molecule has 2 aliphatic heterocycles. The Morgan fingerprint density at radius 1 is 0.211 bits per heavy atom. The van der Waals surface area contributed by atoms with E-state index >= 15 is 0 Å². The minimum Gasteiger partial charge on any atom is -0.311 e. The second-order valence-electron chi connectivity index (χ2n) is 24.0. The van der Waals surface area contributed by atoms with Crippen molar-refractivity contribution >= 4 is 123 Å². The molecule has 418 valence electrons. The van der Waals surface area contributed by atoms with Gasteiger partial charge in [0.1, 0.15) is 0 Å². The van der Waals surface area contributed by atoms with Crippen LogP contribution in [0.1, 0.15) is 0 Å². The van der Waals surface area contributed by atoms with Gasteiger partial charge in [0.15, 0.2) is 0 Å². The number of rotatable bonds is 8. The van der Waals surface area contributed by atoms with Crippen molar-refractivity contribution in [2.24, 2.45) is 0 Å². The molecule has 0 radical (unpaired) electrons. The second-order valence-corrected chi connectivity index (χ2v) is 24.0. The third kappa shape index (κ3) is 7.52. The van der Waals surface area contributed by atoms with Gasteiger partial charge in [0.05, 0.1) is 44.5 Å². The zero-order valence-electron chi connectivity index (χ0n) is 49.0. The lowest BCUT2D eigenvalue weighted by Gasteiger charge is -2.45. The summed E-state index contributed by atoms with van der Waals surface area (Å²) in [6.07, 6.45) is 0. The molecule has 5 nitrogen and oxygen atoms in total. The number of fused-ring (bicyclic) bond motifs is 14. The van der Waals surface area contributed by atoms with Crippen LogP contribution in [-0.2, 0) is 0 Å². The molecule has 5 heterocycles. The lowest BCUT2D eigenvalue weighted by Crippen LogP contribution is -2.61. The predicted molar refractivity (Wildman–Crippen MR) is 380 cm³/mol. The summed E-state index contributed by atoms with van der Waals surface area (Å²) in [6, 6.07) is 122. The van der Waals surface area contributed by atoms with E-state index in [1.165, 1.54) is 93.2 Å². The average molecular weight is 1140 g/mol. The molecule has 90 heavy (non-hydrogen) atoms. The normalized spacial score (nSPS) is 12.6. The van der Waals surface area contributed by atoms with Crippen LogP contribution in [0.2, 0.25) is 0 Å². The van der Waals surface area contributed by atoms with Crippen LogP contribution >= 0.6 is 0 Å². The maximum Gasteiger partial charge on any atom is 0.252 e. The van der Waals surface area contributed by atoms with E-state index in [1.807, 2.05) is 0 Å². The van der Waals surface area contributed by atoms with E-state index in [-0.39, 0.29) is 6.71 Å². The summed E-state index contributed by atoms with van der Waals surface area (Å²) < 4.78 is 7.48. The summed E-state index contributed by atoms with van der Waals surface area (Å²) in [5.74, 6) is 0. The molecule has 0 amide bonds. The summed E-state index contributed by atoms with van der Waals surface area (Å²) in [5, 5.41) is 7.30. The lowest BCUT2D eigenvalue weighted by molar-refractivity contribution is 1.15. The SMILES string of the molecule is c1ccc(-c2ccc(N3c4cc(-n5c6ccccc6c6ccccc65)cc5c4B(c4ccc(-n6c7ccccc7c7ccccc76)cc4N5c4cccc(-c5ccccc5)c4)c4ccc5c(c43)c3ccccc3n5-c3cccc(-c4ccccc4)c3)cc2)cc1. The highest BCUT2D eigenvalue weighted by molar-refractivity contribution is 7.00. The zero-order chi connectivity index (χ0) is 59.0. The van der Waals surface area contributed by atoms with Crippen molar-refractivity contribution in [3.8, 4) is 50.4 Å². The Kier molecular flexibility index (Phi) is 11.1. The Balaban J connectivity index is 0.962. The van der Waals surface area contributed by atoms with E-state index in [2.05, 4.69) is 351 Å². The molecule has 17 aromatic rings. The smallest absolute Gasteiger partial charge is 0.252 e. The van der Waals surface area contributed by atoms with Crippen LogP contribution in [0, 0.1) is 0 Å². The molecular weight excluding hydrogens is 1090 g/mol. The predicted octanol–water partition coefficient (Wildman–Crippen LogP) is 20.1. The molecule has 0 atom stereocenters. The fourth-order valence-corrected chi connectivity index (χ4v) is 15.3. The molecule has 6 heteroatoms. The summed E-state index contributed by atoms with van der Waals surface area (Å²) in [4.78, 5) is 5.23. The number of hydrogen-bond donors (Lipinski definition) is 0. The van der Waals surface area contributed by atoms with Gasteiger partial charge in [-0.15, -0.1) is 0 Å². The Morgan fingerprint density at radius 3 is 1.14 bits per heavy atom. The number of aromatic nitrogens is 3.